The van der Waals surface area contributed by atoms with Crippen molar-refractivity contribution in [2.45, 2.75) is 6.54 Å². The van der Waals surface area contributed by atoms with Crippen molar-refractivity contribution in [1.82, 2.24) is 0 Å². The first-order chi connectivity index (χ1) is 6.50. The van der Waals surface area contributed by atoms with Crippen LogP contribution in [0.25, 0.3) is 0 Å². The molecule has 0 aliphatic heterocycles. The second kappa shape index (κ2) is 3.82. The second-order valence-electron chi connectivity index (χ2n) is 2.60. The van der Waals surface area contributed by atoms with E-state index in [-0.39, 0.29) is 11.1 Å². The molecule has 0 aliphatic rings. The first-order valence-corrected chi connectivity index (χ1v) is 3.64. The molecule has 0 aliphatic carbocycles. The van der Waals surface area contributed by atoms with Gasteiger partial charge in [-0.05, 0) is 18.2 Å². The highest BCUT2D eigenvalue weighted by molar-refractivity contribution is 5.89. The van der Waals surface area contributed by atoms with E-state index < -0.39 is 23.3 Å². The molecule has 1 aromatic rings. The van der Waals surface area contributed by atoms with Crippen molar-refractivity contribution in [1.29, 1.82) is 0 Å². The number of carboxylic acids is 1. The summed E-state index contributed by atoms with van der Waals surface area (Å²) in [6.45, 7) is -0.695. The lowest BCUT2D eigenvalue weighted by Gasteiger charge is -2.00. The molecule has 74 valence electrons. The second-order valence-corrected chi connectivity index (χ2v) is 2.60. The first kappa shape index (κ1) is 10.1. The van der Waals surface area contributed by atoms with Crippen molar-refractivity contribution in [3.05, 3.63) is 45.3 Å². The Hall–Kier alpha value is -1.98. The van der Waals surface area contributed by atoms with Gasteiger partial charge in [-0.25, -0.2) is 9.18 Å². The summed E-state index contributed by atoms with van der Waals surface area (Å²) in [5.41, 5.74) is -0.384. The predicted molar refractivity (Wildman–Crippen MR) is 44.1 cm³/mol. The molecule has 5 nitrogen and oxygen atoms in total. The molecule has 0 fully saturated rings. The van der Waals surface area contributed by atoms with Gasteiger partial charge in [0.2, 0.25) is 6.54 Å². The summed E-state index contributed by atoms with van der Waals surface area (Å²) in [4.78, 5) is 20.0. The molecule has 0 saturated heterocycles. The van der Waals surface area contributed by atoms with Gasteiger partial charge in [0.1, 0.15) is 5.82 Å². The van der Waals surface area contributed by atoms with E-state index >= 15 is 0 Å². The lowest BCUT2D eigenvalue weighted by molar-refractivity contribution is -0.496. The lowest BCUT2D eigenvalue weighted by atomic mass is 10.1. The molecule has 14 heavy (non-hydrogen) atoms. The van der Waals surface area contributed by atoms with Gasteiger partial charge in [0.15, 0.2) is 0 Å². The Bertz CT molecular complexity index is 391. The maximum atomic E-state index is 12.6. The minimum atomic E-state index is -1.30. The summed E-state index contributed by atoms with van der Waals surface area (Å²) in [5, 5.41) is 18.8. The summed E-state index contributed by atoms with van der Waals surface area (Å²) in [7, 11) is 0. The van der Waals surface area contributed by atoms with E-state index in [9.17, 15) is 19.3 Å². The van der Waals surface area contributed by atoms with Crippen LogP contribution in [0.1, 0.15) is 15.9 Å². The van der Waals surface area contributed by atoms with E-state index in [2.05, 4.69) is 0 Å². The molecule has 0 radical (unpaired) electrons. The third-order valence-electron chi connectivity index (χ3n) is 1.60. The maximum absolute atomic E-state index is 12.6. The molecule has 0 aromatic heterocycles. The highest BCUT2D eigenvalue weighted by atomic mass is 19.1. The zero-order valence-electron chi connectivity index (χ0n) is 6.94. The fraction of sp³-hybridized carbons (Fsp3) is 0.125. The molecule has 1 N–H and O–H groups in total. The van der Waals surface area contributed by atoms with Gasteiger partial charge >= 0.3 is 5.97 Å². The van der Waals surface area contributed by atoms with Crippen molar-refractivity contribution in [2.24, 2.45) is 0 Å². The molecule has 0 heterocycles. The van der Waals surface area contributed by atoms with E-state index in [0.29, 0.717) is 0 Å². The van der Waals surface area contributed by atoms with Gasteiger partial charge in [0, 0.05) is 10.5 Å². The third-order valence-corrected chi connectivity index (χ3v) is 1.60. The topological polar surface area (TPSA) is 80.4 Å². The summed E-state index contributed by atoms with van der Waals surface area (Å²) >= 11 is 0. The van der Waals surface area contributed by atoms with Crippen LogP contribution in [0.2, 0.25) is 0 Å². The van der Waals surface area contributed by atoms with Crippen molar-refractivity contribution < 1.29 is 19.2 Å². The van der Waals surface area contributed by atoms with Crippen LogP contribution in [0, 0.1) is 15.9 Å². The number of aromatic carboxylic acids is 1. The SMILES string of the molecule is O=C(O)c1ccc(F)cc1C[N+](=O)[O-]. The monoisotopic (exact) mass is 199 g/mol. The third kappa shape index (κ3) is 2.25. The van der Waals surface area contributed by atoms with Crippen molar-refractivity contribution in [3.8, 4) is 0 Å². The molecule has 0 atom stereocenters. The number of nitro groups is 1. The van der Waals surface area contributed by atoms with E-state index in [1.807, 2.05) is 0 Å². The normalized spacial score (nSPS) is 9.79. The van der Waals surface area contributed by atoms with Gasteiger partial charge in [0.25, 0.3) is 0 Å². The molecule has 6 heteroatoms. The van der Waals surface area contributed by atoms with Crippen LogP contribution >= 0.6 is 0 Å². The maximum Gasteiger partial charge on any atom is 0.336 e. The Morgan fingerprint density at radius 2 is 2.21 bits per heavy atom. The van der Waals surface area contributed by atoms with Gasteiger partial charge < -0.3 is 5.11 Å². The van der Waals surface area contributed by atoms with Crippen molar-refractivity contribution in [2.75, 3.05) is 0 Å². The van der Waals surface area contributed by atoms with Gasteiger partial charge in [0.05, 0.1) is 5.56 Å². The zero-order chi connectivity index (χ0) is 10.7. The predicted octanol–water partition coefficient (Wildman–Crippen LogP) is 1.30. The molecule has 0 saturated carbocycles. The van der Waals surface area contributed by atoms with Crippen LogP contribution in [0.3, 0.4) is 0 Å². The summed E-state index contributed by atoms with van der Waals surface area (Å²) in [5.74, 6) is -1.99. The van der Waals surface area contributed by atoms with Crippen molar-refractivity contribution in [3.63, 3.8) is 0 Å². The summed E-state index contributed by atoms with van der Waals surface area (Å²) < 4.78 is 12.6. The smallest absolute Gasteiger partial charge is 0.336 e. The minimum Gasteiger partial charge on any atom is -0.478 e. The number of hydrogen-bond acceptors (Lipinski definition) is 3. The summed E-state index contributed by atoms with van der Waals surface area (Å²) in [6, 6.07) is 2.82. The number of carbonyl (C=O) groups is 1. The molecule has 1 rings (SSSR count). The first-order valence-electron chi connectivity index (χ1n) is 3.64. The number of benzene rings is 1. The Kier molecular flexibility index (Phi) is 2.76. The quantitative estimate of drug-likeness (QED) is 0.587. The van der Waals surface area contributed by atoms with Crippen LogP contribution in [0.4, 0.5) is 4.39 Å². The van der Waals surface area contributed by atoms with Crippen molar-refractivity contribution >= 4 is 5.97 Å². The Labute approximate surface area is 77.9 Å². The van der Waals surface area contributed by atoms with Gasteiger partial charge in [-0.1, -0.05) is 0 Å². The largest absolute Gasteiger partial charge is 0.478 e. The van der Waals surface area contributed by atoms with E-state index in [4.69, 9.17) is 5.11 Å². The highest BCUT2D eigenvalue weighted by Crippen LogP contribution is 2.12. The Morgan fingerprint density at radius 1 is 1.57 bits per heavy atom. The van der Waals surface area contributed by atoms with Crippen LogP contribution in [-0.4, -0.2) is 16.0 Å². The molecular formula is C8H6FNO4. The average molecular weight is 199 g/mol. The van der Waals surface area contributed by atoms with Crippen LogP contribution in [0.5, 0.6) is 0 Å². The zero-order valence-corrected chi connectivity index (χ0v) is 6.94. The van der Waals surface area contributed by atoms with Crippen LogP contribution in [-0.2, 0) is 6.54 Å². The fourth-order valence-corrected chi connectivity index (χ4v) is 1.04. The highest BCUT2D eigenvalue weighted by Gasteiger charge is 2.14. The van der Waals surface area contributed by atoms with Gasteiger partial charge in [-0.2, -0.15) is 0 Å². The standard InChI is InChI=1S/C8H6FNO4/c9-6-1-2-7(8(11)12)5(3-6)4-10(13)14/h1-3H,4H2,(H,11,12). The van der Waals surface area contributed by atoms with E-state index in [1.165, 1.54) is 0 Å². The molecule has 1 aromatic carbocycles. The van der Waals surface area contributed by atoms with Crippen LogP contribution < -0.4 is 0 Å². The van der Waals surface area contributed by atoms with Gasteiger partial charge in [-0.3, -0.25) is 10.1 Å². The molecule has 0 unspecified atom stereocenters. The molecular weight excluding hydrogens is 193 g/mol. The lowest BCUT2D eigenvalue weighted by Crippen LogP contribution is -2.07. The average Bonchev–Trinajstić information content (AvgIpc) is 2.01. The Balaban J connectivity index is 3.15. The number of nitrogens with zero attached hydrogens (tertiary/aromatic N) is 1. The molecule has 0 spiro atoms. The van der Waals surface area contributed by atoms with Crippen LogP contribution in [0.15, 0.2) is 18.2 Å². The van der Waals surface area contributed by atoms with E-state index in [0.717, 1.165) is 18.2 Å². The molecule has 0 amide bonds. The number of hydrogen-bond donors (Lipinski definition) is 1. The summed E-state index contributed by atoms with van der Waals surface area (Å²) in [6.07, 6.45) is 0. The number of rotatable bonds is 3. The van der Waals surface area contributed by atoms with E-state index in [1.54, 1.807) is 0 Å². The Morgan fingerprint density at radius 3 is 2.71 bits per heavy atom. The van der Waals surface area contributed by atoms with Gasteiger partial charge in [-0.15, -0.1) is 0 Å². The minimum absolute atomic E-state index is 0.137. The fourth-order valence-electron chi connectivity index (χ4n) is 1.04. The number of carboxylic acid groups (broad SMARTS) is 1. The number of halogens is 1. The molecule has 0 bridgehead atoms.